The molecular weight excluding hydrogens is 392 g/mol. The highest BCUT2D eigenvalue weighted by molar-refractivity contribution is 7.91. The lowest BCUT2D eigenvalue weighted by Gasteiger charge is -2.30. The average Bonchev–Trinajstić information content (AvgIpc) is 3.19. The highest BCUT2D eigenvalue weighted by Gasteiger charge is 2.32. The van der Waals surface area contributed by atoms with Crippen molar-refractivity contribution in [1.29, 1.82) is 0 Å². The van der Waals surface area contributed by atoms with Crippen molar-refractivity contribution in [2.24, 2.45) is 5.92 Å². The second-order valence-corrected chi connectivity index (χ2v) is 9.71. The van der Waals surface area contributed by atoms with Gasteiger partial charge in [0.2, 0.25) is 5.91 Å². The number of thiophene rings is 1. The molecule has 10 heteroatoms. The van der Waals surface area contributed by atoms with E-state index in [9.17, 15) is 13.2 Å². The van der Waals surface area contributed by atoms with Crippen LogP contribution in [0.15, 0.2) is 21.7 Å². The van der Waals surface area contributed by atoms with Crippen LogP contribution < -0.4 is 16.2 Å². The van der Waals surface area contributed by atoms with Crippen LogP contribution >= 0.6 is 23.6 Å². The van der Waals surface area contributed by atoms with Crippen LogP contribution in [-0.2, 0) is 14.8 Å². The number of rotatable bonds is 7. The molecule has 0 unspecified atom stereocenters. The first kappa shape index (κ1) is 21.1. The number of hydrogen-bond donors (Lipinski definition) is 3. The lowest BCUT2D eigenvalue weighted by Crippen LogP contribution is -2.50. The van der Waals surface area contributed by atoms with Gasteiger partial charge in [0.05, 0.1) is 0 Å². The lowest BCUT2D eigenvalue weighted by atomic mass is 9.98. The predicted octanol–water partition coefficient (Wildman–Crippen LogP) is 1.83. The largest absolute Gasteiger partial charge is 0.361 e. The van der Waals surface area contributed by atoms with E-state index in [2.05, 4.69) is 23.1 Å². The molecule has 0 bridgehead atoms. The third-order valence-electron chi connectivity index (χ3n) is 4.28. The van der Waals surface area contributed by atoms with Gasteiger partial charge in [0.1, 0.15) is 4.21 Å². The van der Waals surface area contributed by atoms with Gasteiger partial charge >= 0.3 is 0 Å². The number of thiocarbonyl (C=S) groups is 1. The summed E-state index contributed by atoms with van der Waals surface area (Å²) in [5.74, 6) is -0.379. The minimum absolute atomic E-state index is 0.157. The first-order chi connectivity index (χ1) is 12.4. The van der Waals surface area contributed by atoms with Crippen LogP contribution in [0.2, 0.25) is 0 Å². The average molecular weight is 419 g/mol. The molecule has 0 aromatic carbocycles. The molecule has 0 aliphatic carbocycles. The van der Waals surface area contributed by atoms with Gasteiger partial charge in [-0.15, -0.1) is 11.3 Å². The molecule has 1 aromatic rings. The smallest absolute Gasteiger partial charge is 0.252 e. The van der Waals surface area contributed by atoms with Gasteiger partial charge in [0.15, 0.2) is 5.11 Å². The number of nitrogens with one attached hydrogen (secondary N) is 3. The number of carbonyl (C=O) groups excluding carboxylic acids is 1. The number of unbranched alkanes of at least 4 members (excludes halogenated alkanes) is 2. The number of hydrogen-bond acceptors (Lipinski definition) is 5. The van der Waals surface area contributed by atoms with Crippen LogP contribution in [-0.4, -0.2) is 43.4 Å². The van der Waals surface area contributed by atoms with Gasteiger partial charge in [0.25, 0.3) is 10.0 Å². The zero-order chi connectivity index (χ0) is 19.0. The van der Waals surface area contributed by atoms with Crippen molar-refractivity contribution in [2.75, 3.05) is 19.6 Å². The van der Waals surface area contributed by atoms with E-state index in [0.717, 1.165) is 25.8 Å². The maximum absolute atomic E-state index is 12.5. The maximum Gasteiger partial charge on any atom is 0.252 e. The fraction of sp³-hybridized carbons (Fsp3) is 0.625. The molecule has 1 aliphatic heterocycles. The Labute approximate surface area is 164 Å². The zero-order valence-corrected chi connectivity index (χ0v) is 17.3. The molecule has 3 N–H and O–H groups in total. The Morgan fingerprint density at radius 1 is 1.31 bits per heavy atom. The molecule has 26 heavy (non-hydrogen) atoms. The molecule has 0 radical (unpaired) electrons. The molecule has 146 valence electrons. The quantitative estimate of drug-likeness (QED) is 0.356. The van der Waals surface area contributed by atoms with Crippen LogP contribution in [0, 0.1) is 5.92 Å². The molecule has 1 fully saturated rings. The number of carbonyl (C=O) groups is 1. The van der Waals surface area contributed by atoms with E-state index in [-0.39, 0.29) is 11.8 Å². The van der Waals surface area contributed by atoms with E-state index in [1.807, 2.05) is 0 Å². The Balaban J connectivity index is 1.72. The van der Waals surface area contributed by atoms with Crippen molar-refractivity contribution in [2.45, 2.75) is 43.2 Å². The normalized spacial score (nSPS) is 16.2. The summed E-state index contributed by atoms with van der Waals surface area (Å²) in [6.45, 7) is 3.60. The molecule has 1 saturated heterocycles. The summed E-state index contributed by atoms with van der Waals surface area (Å²) in [6, 6.07) is 3.33. The number of piperidine rings is 1. The van der Waals surface area contributed by atoms with Gasteiger partial charge in [-0.1, -0.05) is 25.8 Å². The van der Waals surface area contributed by atoms with E-state index in [1.165, 1.54) is 15.6 Å². The van der Waals surface area contributed by atoms with Crippen molar-refractivity contribution in [3.63, 3.8) is 0 Å². The predicted molar refractivity (Wildman–Crippen MR) is 107 cm³/mol. The van der Waals surface area contributed by atoms with Gasteiger partial charge in [-0.2, -0.15) is 4.31 Å². The zero-order valence-electron chi connectivity index (χ0n) is 14.9. The summed E-state index contributed by atoms with van der Waals surface area (Å²) < 4.78 is 26.8. The molecule has 7 nitrogen and oxygen atoms in total. The molecule has 2 heterocycles. The van der Waals surface area contributed by atoms with Crippen LogP contribution in [0.25, 0.3) is 0 Å². The van der Waals surface area contributed by atoms with Crippen molar-refractivity contribution in [3.8, 4) is 0 Å². The Morgan fingerprint density at radius 2 is 2.04 bits per heavy atom. The first-order valence-electron chi connectivity index (χ1n) is 8.82. The Kier molecular flexibility index (Phi) is 8.26. The summed E-state index contributed by atoms with van der Waals surface area (Å²) in [5, 5.41) is 5.18. The summed E-state index contributed by atoms with van der Waals surface area (Å²) in [7, 11) is -3.43. The SMILES string of the molecule is CCCCCNC(=S)NNC(=O)C1CCN(S(=O)(=O)c2cccs2)CC1. The van der Waals surface area contributed by atoms with Crippen LogP contribution in [0.4, 0.5) is 0 Å². The van der Waals surface area contributed by atoms with Gasteiger partial charge < -0.3 is 5.32 Å². The minimum atomic E-state index is -3.43. The van der Waals surface area contributed by atoms with Crippen molar-refractivity contribution in [1.82, 2.24) is 20.5 Å². The van der Waals surface area contributed by atoms with Crippen molar-refractivity contribution in [3.05, 3.63) is 17.5 Å². The Bertz CT molecular complexity index is 684. The highest BCUT2D eigenvalue weighted by Crippen LogP contribution is 2.26. The molecule has 1 amide bonds. The second-order valence-electron chi connectivity index (χ2n) is 6.19. The van der Waals surface area contributed by atoms with Crippen LogP contribution in [0.1, 0.15) is 39.0 Å². The molecule has 1 aromatic heterocycles. The molecule has 0 spiro atoms. The fourth-order valence-electron chi connectivity index (χ4n) is 2.74. The van der Waals surface area contributed by atoms with E-state index < -0.39 is 10.0 Å². The summed E-state index contributed by atoms with van der Waals surface area (Å²) in [6.07, 6.45) is 4.29. The monoisotopic (exact) mass is 418 g/mol. The van der Waals surface area contributed by atoms with E-state index in [0.29, 0.717) is 35.3 Å². The number of sulfonamides is 1. The maximum atomic E-state index is 12.5. The van der Waals surface area contributed by atoms with Gasteiger partial charge in [0, 0.05) is 25.6 Å². The van der Waals surface area contributed by atoms with E-state index >= 15 is 0 Å². The number of nitrogens with zero attached hydrogens (tertiary/aromatic N) is 1. The van der Waals surface area contributed by atoms with E-state index in [1.54, 1.807) is 17.5 Å². The summed E-state index contributed by atoms with van der Waals surface area (Å²) >= 11 is 6.32. The van der Waals surface area contributed by atoms with Gasteiger partial charge in [-0.25, -0.2) is 8.42 Å². The topological polar surface area (TPSA) is 90.5 Å². The fourth-order valence-corrected chi connectivity index (χ4v) is 5.50. The van der Waals surface area contributed by atoms with Crippen LogP contribution in [0.5, 0.6) is 0 Å². The number of hydrazine groups is 1. The van der Waals surface area contributed by atoms with Crippen molar-refractivity contribution >= 4 is 44.6 Å². The molecule has 1 aliphatic rings. The first-order valence-corrected chi connectivity index (χ1v) is 11.5. The molecular formula is C16H26N4O3S3. The van der Waals surface area contributed by atoms with Crippen LogP contribution in [0.3, 0.4) is 0 Å². The summed E-state index contributed by atoms with van der Waals surface area (Å²) in [5.41, 5.74) is 5.33. The molecule has 0 atom stereocenters. The Hall–Kier alpha value is -1.23. The van der Waals surface area contributed by atoms with E-state index in [4.69, 9.17) is 12.2 Å². The summed E-state index contributed by atoms with van der Waals surface area (Å²) in [4.78, 5) is 12.2. The third kappa shape index (κ3) is 5.90. The third-order valence-corrected chi connectivity index (χ3v) is 7.80. The highest BCUT2D eigenvalue weighted by atomic mass is 32.2. The van der Waals surface area contributed by atoms with Gasteiger partial charge in [-0.3, -0.25) is 15.6 Å². The number of amides is 1. The molecule has 2 rings (SSSR count). The van der Waals surface area contributed by atoms with Gasteiger partial charge in [-0.05, 0) is 42.9 Å². The second kappa shape index (κ2) is 10.2. The lowest BCUT2D eigenvalue weighted by molar-refractivity contribution is -0.126. The van der Waals surface area contributed by atoms with Crippen molar-refractivity contribution < 1.29 is 13.2 Å². The standard InChI is InChI=1S/C16H26N4O3S3/c1-2-3-4-9-17-16(24)19-18-15(21)13-7-10-20(11-8-13)26(22,23)14-6-5-12-25-14/h5-6,12-13H,2-4,7-11H2,1H3,(H,18,21)(H2,17,19,24). The molecule has 0 saturated carbocycles. The Morgan fingerprint density at radius 3 is 2.65 bits per heavy atom. The minimum Gasteiger partial charge on any atom is -0.361 e.